The zero-order valence-electron chi connectivity index (χ0n) is 17.9. The van der Waals surface area contributed by atoms with Gasteiger partial charge < -0.3 is 10.6 Å². The molecule has 4 heteroatoms. The molecule has 0 aliphatic heterocycles. The predicted molar refractivity (Wildman–Crippen MR) is 129 cm³/mol. The highest BCUT2D eigenvalue weighted by Gasteiger charge is 2.15. The van der Waals surface area contributed by atoms with E-state index < -0.39 is 0 Å². The van der Waals surface area contributed by atoms with Crippen LogP contribution in [0.4, 0.5) is 5.69 Å². The fourth-order valence-corrected chi connectivity index (χ4v) is 3.51. The number of rotatable bonds is 5. The maximum Gasteiger partial charge on any atom is 0.193 e. The van der Waals surface area contributed by atoms with Gasteiger partial charge in [0.1, 0.15) is 0 Å². The Kier molecular flexibility index (Phi) is 6.68. The van der Waals surface area contributed by atoms with Gasteiger partial charge in [0.05, 0.1) is 6.04 Å². The number of ketones is 1. The van der Waals surface area contributed by atoms with Crippen LogP contribution in [-0.2, 0) is 5.41 Å². The Labute approximate surface area is 184 Å². The molecule has 0 saturated heterocycles. The average molecular weight is 417 g/mol. The van der Waals surface area contributed by atoms with Crippen LogP contribution in [0.2, 0.25) is 0 Å². The summed E-state index contributed by atoms with van der Waals surface area (Å²) in [6.45, 7) is 8.54. The number of anilines is 1. The van der Waals surface area contributed by atoms with E-state index in [1.54, 1.807) is 0 Å². The first-order chi connectivity index (χ1) is 14.2. The SMILES string of the molecule is C[C@H](NC(=S)Nc1cccc(C(=O)c2ccc(C(C)(C)C)cc2)c1)c1ccccc1. The molecule has 0 heterocycles. The molecule has 0 spiro atoms. The van der Waals surface area contributed by atoms with Gasteiger partial charge in [-0.2, -0.15) is 0 Å². The molecule has 3 nitrogen and oxygen atoms in total. The fourth-order valence-electron chi connectivity index (χ4n) is 3.22. The lowest BCUT2D eigenvalue weighted by Crippen LogP contribution is -2.30. The van der Waals surface area contributed by atoms with Crippen molar-refractivity contribution < 1.29 is 4.79 Å². The molecule has 0 radical (unpaired) electrons. The Morgan fingerprint density at radius 1 is 0.867 bits per heavy atom. The summed E-state index contributed by atoms with van der Waals surface area (Å²) in [5.74, 6) is -0.00404. The number of thiocarbonyl (C=S) groups is 1. The standard InChI is InChI=1S/C26H28N2OS/c1-18(19-9-6-5-7-10-19)27-25(30)28-23-12-8-11-21(17-23)24(29)20-13-15-22(16-14-20)26(2,3)4/h5-18H,1-4H3,(H2,27,28,30)/t18-/m0/s1. The van der Waals surface area contributed by atoms with Gasteiger partial charge >= 0.3 is 0 Å². The quantitative estimate of drug-likeness (QED) is 0.380. The minimum atomic E-state index is -0.00404. The minimum Gasteiger partial charge on any atom is -0.356 e. The highest BCUT2D eigenvalue weighted by atomic mass is 32.1. The van der Waals surface area contributed by atoms with E-state index in [0.717, 1.165) is 11.3 Å². The second-order valence-electron chi connectivity index (χ2n) is 8.47. The van der Waals surface area contributed by atoms with E-state index in [1.807, 2.05) is 66.7 Å². The number of nitrogens with one attached hydrogen (secondary N) is 2. The van der Waals surface area contributed by atoms with E-state index in [1.165, 1.54) is 5.56 Å². The Morgan fingerprint density at radius 2 is 1.53 bits per heavy atom. The second-order valence-corrected chi connectivity index (χ2v) is 8.88. The highest BCUT2D eigenvalue weighted by Crippen LogP contribution is 2.23. The van der Waals surface area contributed by atoms with Gasteiger partial charge in [-0.05, 0) is 47.8 Å². The molecular formula is C26H28N2OS. The van der Waals surface area contributed by atoms with Crippen LogP contribution in [-0.4, -0.2) is 10.9 Å². The van der Waals surface area contributed by atoms with Gasteiger partial charge in [0.25, 0.3) is 0 Å². The Balaban J connectivity index is 1.68. The molecule has 0 aromatic heterocycles. The zero-order chi connectivity index (χ0) is 21.7. The van der Waals surface area contributed by atoms with Crippen LogP contribution >= 0.6 is 12.2 Å². The van der Waals surface area contributed by atoms with E-state index in [0.29, 0.717) is 16.2 Å². The topological polar surface area (TPSA) is 41.1 Å². The smallest absolute Gasteiger partial charge is 0.193 e. The fraction of sp³-hybridized carbons (Fsp3) is 0.231. The molecule has 3 rings (SSSR count). The monoisotopic (exact) mass is 416 g/mol. The van der Waals surface area contributed by atoms with Gasteiger partial charge in [-0.25, -0.2) is 0 Å². The lowest BCUT2D eigenvalue weighted by atomic mass is 9.86. The molecule has 3 aromatic carbocycles. The number of benzene rings is 3. The van der Waals surface area contributed by atoms with Crippen molar-refractivity contribution in [1.82, 2.24) is 5.32 Å². The van der Waals surface area contributed by atoms with Crippen LogP contribution in [0.3, 0.4) is 0 Å². The van der Waals surface area contributed by atoms with Crippen molar-refractivity contribution in [2.45, 2.75) is 39.2 Å². The molecule has 30 heavy (non-hydrogen) atoms. The summed E-state index contributed by atoms with van der Waals surface area (Å²) in [5.41, 5.74) is 4.51. The third kappa shape index (κ3) is 5.55. The summed E-state index contributed by atoms with van der Waals surface area (Å²) in [6, 6.07) is 25.5. The molecule has 1 atom stereocenters. The summed E-state index contributed by atoms with van der Waals surface area (Å²) in [6.07, 6.45) is 0. The van der Waals surface area contributed by atoms with Crippen molar-refractivity contribution >= 4 is 28.8 Å². The van der Waals surface area contributed by atoms with E-state index >= 15 is 0 Å². The highest BCUT2D eigenvalue weighted by molar-refractivity contribution is 7.80. The van der Waals surface area contributed by atoms with Crippen LogP contribution < -0.4 is 10.6 Å². The Morgan fingerprint density at radius 3 is 2.17 bits per heavy atom. The molecule has 0 aliphatic rings. The minimum absolute atomic E-state index is 0.00404. The zero-order valence-corrected chi connectivity index (χ0v) is 18.7. The van der Waals surface area contributed by atoms with Crippen molar-refractivity contribution in [3.05, 3.63) is 101 Å². The second kappa shape index (κ2) is 9.23. The van der Waals surface area contributed by atoms with Crippen LogP contribution in [0, 0.1) is 0 Å². The third-order valence-electron chi connectivity index (χ3n) is 5.04. The number of carbonyl (C=O) groups excluding carboxylic acids is 1. The van der Waals surface area contributed by atoms with Gasteiger partial charge in [0, 0.05) is 16.8 Å². The summed E-state index contributed by atoms with van der Waals surface area (Å²) in [4.78, 5) is 12.9. The van der Waals surface area contributed by atoms with Crippen LogP contribution in [0.25, 0.3) is 0 Å². The van der Waals surface area contributed by atoms with E-state index in [-0.39, 0.29) is 17.2 Å². The van der Waals surface area contributed by atoms with E-state index in [9.17, 15) is 4.79 Å². The van der Waals surface area contributed by atoms with E-state index in [4.69, 9.17) is 12.2 Å². The Hall–Kier alpha value is -2.98. The molecule has 3 aromatic rings. The largest absolute Gasteiger partial charge is 0.356 e. The van der Waals surface area contributed by atoms with Crippen molar-refractivity contribution in [3.63, 3.8) is 0 Å². The number of hydrogen-bond acceptors (Lipinski definition) is 2. The molecular weight excluding hydrogens is 388 g/mol. The van der Waals surface area contributed by atoms with Crippen LogP contribution in [0.1, 0.15) is 60.8 Å². The lowest BCUT2D eigenvalue weighted by Gasteiger charge is -2.19. The van der Waals surface area contributed by atoms with Crippen molar-refractivity contribution in [2.24, 2.45) is 0 Å². The first-order valence-corrected chi connectivity index (χ1v) is 10.5. The summed E-state index contributed by atoms with van der Waals surface area (Å²) < 4.78 is 0. The molecule has 0 fully saturated rings. The predicted octanol–water partition coefficient (Wildman–Crippen LogP) is 6.26. The van der Waals surface area contributed by atoms with Crippen molar-refractivity contribution in [1.29, 1.82) is 0 Å². The van der Waals surface area contributed by atoms with Crippen LogP contribution in [0.5, 0.6) is 0 Å². The van der Waals surface area contributed by atoms with Gasteiger partial charge in [-0.1, -0.05) is 87.5 Å². The average Bonchev–Trinajstić information content (AvgIpc) is 2.73. The molecule has 0 amide bonds. The first kappa shape index (κ1) is 21.7. The summed E-state index contributed by atoms with van der Waals surface area (Å²) in [7, 11) is 0. The molecule has 0 bridgehead atoms. The molecule has 154 valence electrons. The first-order valence-electron chi connectivity index (χ1n) is 10.1. The maximum absolute atomic E-state index is 12.9. The van der Waals surface area contributed by atoms with Crippen molar-refractivity contribution in [2.75, 3.05) is 5.32 Å². The summed E-state index contributed by atoms with van der Waals surface area (Å²) in [5, 5.41) is 6.99. The van der Waals surface area contributed by atoms with Gasteiger partial charge in [-0.3, -0.25) is 4.79 Å². The molecule has 2 N–H and O–H groups in total. The normalized spacial score (nSPS) is 12.1. The summed E-state index contributed by atoms with van der Waals surface area (Å²) >= 11 is 5.46. The van der Waals surface area contributed by atoms with Crippen LogP contribution in [0.15, 0.2) is 78.9 Å². The third-order valence-corrected chi connectivity index (χ3v) is 5.26. The molecule has 0 aliphatic carbocycles. The number of carbonyl (C=O) groups is 1. The Bertz CT molecular complexity index is 1020. The van der Waals surface area contributed by atoms with Gasteiger partial charge in [0.2, 0.25) is 0 Å². The lowest BCUT2D eigenvalue weighted by molar-refractivity contribution is 0.103. The van der Waals surface area contributed by atoms with Crippen molar-refractivity contribution in [3.8, 4) is 0 Å². The van der Waals surface area contributed by atoms with E-state index in [2.05, 4.69) is 50.5 Å². The molecule has 0 unspecified atom stereocenters. The molecule has 0 saturated carbocycles. The van der Waals surface area contributed by atoms with Gasteiger partial charge in [-0.15, -0.1) is 0 Å². The van der Waals surface area contributed by atoms with Gasteiger partial charge in [0.15, 0.2) is 10.9 Å². The maximum atomic E-state index is 12.9. The number of hydrogen-bond donors (Lipinski definition) is 2.